The van der Waals surface area contributed by atoms with Crippen molar-refractivity contribution in [1.82, 2.24) is 4.98 Å². The summed E-state index contributed by atoms with van der Waals surface area (Å²) in [5.41, 5.74) is 0. The highest BCUT2D eigenvalue weighted by molar-refractivity contribution is 7.17. The van der Waals surface area contributed by atoms with E-state index in [9.17, 15) is 4.79 Å². The van der Waals surface area contributed by atoms with Crippen LogP contribution >= 0.6 is 11.3 Å². The molecular formula is C11H16N2O3S. The summed E-state index contributed by atoms with van der Waals surface area (Å²) in [4.78, 5) is 18.2. The fraction of sp³-hybridized carbons (Fsp3) is 0.636. The van der Waals surface area contributed by atoms with Gasteiger partial charge >= 0.3 is 5.97 Å². The summed E-state index contributed by atoms with van der Waals surface area (Å²) >= 11 is 1.35. The number of rotatable bonds is 3. The smallest absolute Gasteiger partial charge is 0.349 e. The highest BCUT2D eigenvalue weighted by Crippen LogP contribution is 2.28. The summed E-state index contributed by atoms with van der Waals surface area (Å²) in [5.74, 6) is -0.335. The van der Waals surface area contributed by atoms with Crippen LogP contribution in [0.25, 0.3) is 0 Å². The van der Waals surface area contributed by atoms with E-state index < -0.39 is 0 Å². The van der Waals surface area contributed by atoms with Crippen LogP contribution in [-0.2, 0) is 9.47 Å². The second kappa shape index (κ2) is 5.01. The van der Waals surface area contributed by atoms with Crippen LogP contribution in [0.15, 0.2) is 6.20 Å². The van der Waals surface area contributed by atoms with Crippen molar-refractivity contribution in [2.45, 2.75) is 25.5 Å². The van der Waals surface area contributed by atoms with Crippen LogP contribution in [0.2, 0.25) is 0 Å². The highest BCUT2D eigenvalue weighted by Gasteiger charge is 2.29. The van der Waals surface area contributed by atoms with E-state index >= 15 is 0 Å². The number of likely N-dealkylation sites (N-methyl/N-ethyl adjacent to an activating group) is 1. The van der Waals surface area contributed by atoms with Crippen LogP contribution in [0, 0.1) is 0 Å². The van der Waals surface area contributed by atoms with Crippen LogP contribution in [0.4, 0.5) is 5.13 Å². The molecule has 1 aliphatic rings. The van der Waals surface area contributed by atoms with Gasteiger partial charge in [0.1, 0.15) is 4.88 Å². The van der Waals surface area contributed by atoms with Gasteiger partial charge in [-0.2, -0.15) is 0 Å². The van der Waals surface area contributed by atoms with E-state index in [1.54, 1.807) is 6.20 Å². The van der Waals surface area contributed by atoms with Gasteiger partial charge in [0.2, 0.25) is 0 Å². The maximum absolute atomic E-state index is 11.3. The molecule has 17 heavy (non-hydrogen) atoms. The molecule has 2 heterocycles. The summed E-state index contributed by atoms with van der Waals surface area (Å²) < 4.78 is 10.2. The van der Waals surface area contributed by atoms with Gasteiger partial charge in [0.15, 0.2) is 5.13 Å². The van der Waals surface area contributed by atoms with Crippen LogP contribution < -0.4 is 4.90 Å². The lowest BCUT2D eigenvalue weighted by atomic mass is 10.1. The van der Waals surface area contributed by atoms with E-state index in [-0.39, 0.29) is 12.1 Å². The number of thiazole rings is 1. The number of esters is 1. The molecule has 1 saturated heterocycles. The number of nitrogens with zero attached hydrogens (tertiary/aromatic N) is 2. The Morgan fingerprint density at radius 2 is 2.47 bits per heavy atom. The van der Waals surface area contributed by atoms with E-state index in [0.29, 0.717) is 10.9 Å². The maximum atomic E-state index is 11.3. The molecule has 0 N–H and O–H groups in total. The van der Waals surface area contributed by atoms with Crippen molar-refractivity contribution in [2.75, 3.05) is 25.7 Å². The first-order valence-electron chi connectivity index (χ1n) is 5.52. The van der Waals surface area contributed by atoms with Gasteiger partial charge in [-0.15, -0.1) is 0 Å². The fourth-order valence-corrected chi connectivity index (χ4v) is 2.85. The molecule has 1 aromatic heterocycles. The molecule has 0 spiro atoms. The first-order chi connectivity index (χ1) is 8.13. The first kappa shape index (κ1) is 12.3. The third-order valence-electron chi connectivity index (χ3n) is 3.02. The van der Waals surface area contributed by atoms with E-state index in [2.05, 4.69) is 21.5 Å². The SMILES string of the molecule is COC(=O)c1cnc(N(C)C2CCOC2C)s1. The molecule has 6 heteroatoms. The monoisotopic (exact) mass is 256 g/mol. The number of carbonyl (C=O) groups is 1. The zero-order valence-electron chi connectivity index (χ0n) is 10.2. The van der Waals surface area contributed by atoms with Crippen LogP contribution in [0.3, 0.4) is 0 Å². The van der Waals surface area contributed by atoms with E-state index in [1.807, 2.05) is 7.05 Å². The zero-order valence-corrected chi connectivity index (χ0v) is 11.0. The van der Waals surface area contributed by atoms with Crippen molar-refractivity contribution in [3.8, 4) is 0 Å². The van der Waals surface area contributed by atoms with Gasteiger partial charge < -0.3 is 14.4 Å². The quantitative estimate of drug-likeness (QED) is 0.768. The average Bonchev–Trinajstić information content (AvgIpc) is 2.95. The van der Waals surface area contributed by atoms with E-state index in [1.165, 1.54) is 18.4 Å². The minimum absolute atomic E-state index is 0.200. The Hall–Kier alpha value is -1.14. The minimum Gasteiger partial charge on any atom is -0.465 e. The second-order valence-electron chi connectivity index (χ2n) is 4.04. The van der Waals surface area contributed by atoms with Gasteiger partial charge in [-0.1, -0.05) is 11.3 Å². The first-order valence-corrected chi connectivity index (χ1v) is 6.33. The van der Waals surface area contributed by atoms with Crippen molar-refractivity contribution < 1.29 is 14.3 Å². The maximum Gasteiger partial charge on any atom is 0.349 e. The van der Waals surface area contributed by atoms with Crippen molar-refractivity contribution in [3.05, 3.63) is 11.1 Å². The molecule has 1 aliphatic heterocycles. The third kappa shape index (κ3) is 2.42. The number of carbonyl (C=O) groups excluding carboxylic acids is 1. The minimum atomic E-state index is -0.335. The lowest BCUT2D eigenvalue weighted by Gasteiger charge is -2.25. The summed E-state index contributed by atoms with van der Waals surface area (Å²) in [5, 5.41) is 0.827. The number of hydrogen-bond donors (Lipinski definition) is 0. The van der Waals surface area contributed by atoms with Crippen molar-refractivity contribution >= 4 is 22.4 Å². The van der Waals surface area contributed by atoms with E-state index in [0.717, 1.165) is 18.2 Å². The summed E-state index contributed by atoms with van der Waals surface area (Å²) in [6.07, 6.45) is 2.75. The standard InChI is InChI=1S/C11H16N2O3S/c1-7-8(4-5-16-7)13(2)11-12-6-9(17-11)10(14)15-3/h6-8H,4-5H2,1-3H3. The molecule has 0 aliphatic carbocycles. The number of methoxy groups -OCH3 is 1. The normalized spacial score (nSPS) is 23.7. The number of ether oxygens (including phenoxy) is 2. The molecule has 0 aromatic carbocycles. The van der Waals surface area contributed by atoms with Crippen molar-refractivity contribution in [3.63, 3.8) is 0 Å². The Kier molecular flexibility index (Phi) is 3.63. The van der Waals surface area contributed by atoms with Crippen LogP contribution in [-0.4, -0.2) is 43.9 Å². The predicted molar refractivity (Wildman–Crippen MR) is 65.7 cm³/mol. The van der Waals surface area contributed by atoms with Crippen LogP contribution in [0.1, 0.15) is 23.0 Å². The predicted octanol–water partition coefficient (Wildman–Crippen LogP) is 1.54. The van der Waals surface area contributed by atoms with Crippen molar-refractivity contribution in [1.29, 1.82) is 0 Å². The van der Waals surface area contributed by atoms with Gasteiger partial charge in [0, 0.05) is 13.7 Å². The van der Waals surface area contributed by atoms with E-state index in [4.69, 9.17) is 4.74 Å². The van der Waals surface area contributed by atoms with Crippen molar-refractivity contribution in [2.24, 2.45) is 0 Å². The Labute approximate surface area is 104 Å². The lowest BCUT2D eigenvalue weighted by Crippen LogP contribution is -2.36. The van der Waals surface area contributed by atoms with Gasteiger partial charge in [-0.3, -0.25) is 0 Å². The molecule has 0 radical (unpaired) electrons. The van der Waals surface area contributed by atoms with Gasteiger partial charge in [-0.05, 0) is 13.3 Å². The number of aromatic nitrogens is 1. The third-order valence-corrected chi connectivity index (χ3v) is 4.08. The fourth-order valence-electron chi connectivity index (χ4n) is 1.99. The Bertz CT molecular complexity index is 407. The topological polar surface area (TPSA) is 51.7 Å². The molecular weight excluding hydrogens is 240 g/mol. The highest BCUT2D eigenvalue weighted by atomic mass is 32.1. The molecule has 0 amide bonds. The zero-order chi connectivity index (χ0) is 12.4. The molecule has 94 valence electrons. The van der Waals surface area contributed by atoms with Crippen LogP contribution in [0.5, 0.6) is 0 Å². The van der Waals surface area contributed by atoms with Gasteiger partial charge in [-0.25, -0.2) is 9.78 Å². The molecule has 0 saturated carbocycles. The number of hydrogen-bond acceptors (Lipinski definition) is 6. The summed E-state index contributed by atoms with van der Waals surface area (Å²) in [7, 11) is 3.36. The summed E-state index contributed by atoms with van der Waals surface area (Å²) in [6.45, 7) is 2.84. The molecule has 2 rings (SSSR count). The lowest BCUT2D eigenvalue weighted by molar-refractivity contribution is 0.0606. The van der Waals surface area contributed by atoms with Gasteiger partial charge in [0.25, 0.3) is 0 Å². The molecule has 2 unspecified atom stereocenters. The average molecular weight is 256 g/mol. The molecule has 2 atom stereocenters. The molecule has 5 nitrogen and oxygen atoms in total. The molecule has 1 aromatic rings. The summed E-state index contributed by atoms with van der Waals surface area (Å²) in [6, 6.07) is 0.326. The number of anilines is 1. The largest absolute Gasteiger partial charge is 0.465 e. The Morgan fingerprint density at radius 3 is 3.06 bits per heavy atom. The van der Waals surface area contributed by atoms with Gasteiger partial charge in [0.05, 0.1) is 25.5 Å². The molecule has 1 fully saturated rings. The second-order valence-corrected chi connectivity index (χ2v) is 5.05. The molecule has 0 bridgehead atoms. The Morgan fingerprint density at radius 1 is 1.71 bits per heavy atom. The Balaban J connectivity index is 2.11.